The van der Waals surface area contributed by atoms with Gasteiger partial charge in [0.05, 0.1) is 10.6 Å². The van der Waals surface area contributed by atoms with Crippen LogP contribution < -0.4 is 5.32 Å². The Morgan fingerprint density at radius 3 is 2.75 bits per heavy atom. The summed E-state index contributed by atoms with van der Waals surface area (Å²) in [4.78, 5) is 11.3. The van der Waals surface area contributed by atoms with Crippen LogP contribution in [0.2, 0.25) is 5.02 Å². The molecule has 0 aliphatic carbocycles. The number of halogens is 2. The highest BCUT2D eigenvalue weighted by Crippen LogP contribution is 2.33. The van der Waals surface area contributed by atoms with E-state index in [0.29, 0.717) is 18.5 Å². The molecule has 2 N–H and O–H groups in total. The molecule has 5 heteroatoms. The quantitative estimate of drug-likeness (QED) is 0.738. The summed E-state index contributed by atoms with van der Waals surface area (Å²) in [5.41, 5.74) is 0.714. The van der Waals surface area contributed by atoms with Crippen molar-refractivity contribution in [2.75, 3.05) is 6.54 Å². The molecule has 0 spiro atoms. The van der Waals surface area contributed by atoms with Crippen LogP contribution in [0.25, 0.3) is 0 Å². The molecule has 3 nitrogen and oxygen atoms in total. The minimum Gasteiger partial charge on any atom is -0.504 e. The Morgan fingerprint density at radius 2 is 2.12 bits per heavy atom. The van der Waals surface area contributed by atoms with E-state index in [1.807, 2.05) is 13.8 Å². The normalized spacial score (nSPS) is 13.4. The standard InChI is InChI=1S/C9H7ClFNO2.C2H6/c10-7-6-4(1-2-12-9(6)14)3-5(11)8(7)13;1-2/h3,13H,1-2H2,(H,12,14);1-2H3. The third-order valence-corrected chi connectivity index (χ3v) is 2.55. The number of nitrogens with one attached hydrogen (secondary N) is 1. The Kier molecular flexibility index (Phi) is 4.12. The predicted molar refractivity (Wildman–Crippen MR) is 60.5 cm³/mol. The Labute approximate surface area is 98.2 Å². The van der Waals surface area contributed by atoms with E-state index in [1.165, 1.54) is 0 Å². The molecule has 0 aromatic heterocycles. The Morgan fingerprint density at radius 1 is 1.50 bits per heavy atom. The van der Waals surface area contributed by atoms with Crippen molar-refractivity contribution in [3.63, 3.8) is 0 Å². The molecule has 16 heavy (non-hydrogen) atoms. The number of phenols is 1. The Bertz CT molecular complexity index is 421. The van der Waals surface area contributed by atoms with Gasteiger partial charge in [0, 0.05) is 6.54 Å². The van der Waals surface area contributed by atoms with Crippen LogP contribution in [0.1, 0.15) is 29.8 Å². The minimum atomic E-state index is -0.788. The lowest BCUT2D eigenvalue weighted by atomic mass is 10.00. The van der Waals surface area contributed by atoms with E-state index >= 15 is 0 Å². The smallest absolute Gasteiger partial charge is 0.253 e. The zero-order valence-corrected chi connectivity index (χ0v) is 9.86. The lowest BCUT2D eigenvalue weighted by Crippen LogP contribution is -2.32. The number of phenolic OH excluding ortho intramolecular Hbond substituents is 1. The molecule has 0 atom stereocenters. The average Bonchev–Trinajstić information content (AvgIpc) is 2.28. The van der Waals surface area contributed by atoms with E-state index in [1.54, 1.807) is 0 Å². The SMILES string of the molecule is CC.O=C1NCCc2cc(F)c(O)c(Cl)c21. The number of amides is 1. The monoisotopic (exact) mass is 245 g/mol. The number of fused-ring (bicyclic) bond motifs is 1. The van der Waals surface area contributed by atoms with Gasteiger partial charge in [-0.1, -0.05) is 25.4 Å². The largest absolute Gasteiger partial charge is 0.504 e. The molecule has 1 aliphatic heterocycles. The fourth-order valence-electron chi connectivity index (χ4n) is 1.50. The third kappa shape index (κ3) is 2.11. The number of hydrogen-bond donors (Lipinski definition) is 2. The second-order valence-electron chi connectivity index (χ2n) is 3.06. The van der Waals surface area contributed by atoms with Gasteiger partial charge >= 0.3 is 0 Å². The van der Waals surface area contributed by atoms with E-state index in [0.717, 1.165) is 6.07 Å². The molecule has 1 aliphatic rings. The van der Waals surface area contributed by atoms with Crippen LogP contribution in [0.5, 0.6) is 5.75 Å². The highest BCUT2D eigenvalue weighted by molar-refractivity contribution is 6.35. The molecular formula is C11H13ClFNO2. The van der Waals surface area contributed by atoms with Crippen LogP contribution in [0.4, 0.5) is 4.39 Å². The van der Waals surface area contributed by atoms with Crippen LogP contribution in [0.3, 0.4) is 0 Å². The highest BCUT2D eigenvalue weighted by atomic mass is 35.5. The van der Waals surface area contributed by atoms with Crippen LogP contribution >= 0.6 is 11.6 Å². The predicted octanol–water partition coefficient (Wildman–Crippen LogP) is 2.50. The van der Waals surface area contributed by atoms with Gasteiger partial charge in [-0.05, 0) is 18.1 Å². The molecule has 0 radical (unpaired) electrons. The molecule has 88 valence electrons. The molecule has 1 heterocycles. The van der Waals surface area contributed by atoms with E-state index in [-0.39, 0.29) is 16.5 Å². The van der Waals surface area contributed by atoms with Gasteiger partial charge in [0.2, 0.25) is 0 Å². The number of hydrogen-bond acceptors (Lipinski definition) is 2. The van der Waals surface area contributed by atoms with Crippen molar-refractivity contribution in [1.29, 1.82) is 0 Å². The molecule has 0 bridgehead atoms. The van der Waals surface area contributed by atoms with Gasteiger partial charge in [-0.15, -0.1) is 0 Å². The third-order valence-electron chi connectivity index (χ3n) is 2.18. The molecular weight excluding hydrogens is 233 g/mol. The van der Waals surface area contributed by atoms with Gasteiger partial charge in [0.1, 0.15) is 0 Å². The molecule has 0 unspecified atom stereocenters. The first-order valence-electron chi connectivity index (χ1n) is 5.09. The maximum absolute atomic E-state index is 13.0. The first-order chi connectivity index (χ1) is 7.61. The fourth-order valence-corrected chi connectivity index (χ4v) is 1.80. The molecule has 2 rings (SSSR count). The van der Waals surface area contributed by atoms with Gasteiger partial charge in [0.25, 0.3) is 5.91 Å². The number of benzene rings is 1. The van der Waals surface area contributed by atoms with Crippen molar-refractivity contribution in [2.24, 2.45) is 0 Å². The van der Waals surface area contributed by atoms with Crippen molar-refractivity contribution in [1.82, 2.24) is 5.32 Å². The lowest BCUT2D eigenvalue weighted by Gasteiger charge is -2.18. The second-order valence-corrected chi connectivity index (χ2v) is 3.44. The first-order valence-corrected chi connectivity index (χ1v) is 5.47. The molecule has 0 saturated carbocycles. The maximum atomic E-state index is 13.0. The average molecular weight is 246 g/mol. The van der Waals surface area contributed by atoms with Gasteiger partial charge in [-0.25, -0.2) is 4.39 Å². The van der Waals surface area contributed by atoms with E-state index in [2.05, 4.69) is 5.32 Å². The molecule has 0 saturated heterocycles. The van der Waals surface area contributed by atoms with Crippen LogP contribution in [0, 0.1) is 5.82 Å². The van der Waals surface area contributed by atoms with Gasteiger partial charge in [-0.3, -0.25) is 4.79 Å². The number of carbonyl (C=O) groups excluding carboxylic acids is 1. The van der Waals surface area contributed by atoms with Gasteiger partial charge in [-0.2, -0.15) is 0 Å². The molecule has 0 fully saturated rings. The van der Waals surface area contributed by atoms with Crippen molar-refractivity contribution in [3.05, 3.63) is 28.0 Å². The van der Waals surface area contributed by atoms with E-state index in [4.69, 9.17) is 11.6 Å². The van der Waals surface area contributed by atoms with Crippen LogP contribution in [0.15, 0.2) is 6.07 Å². The first kappa shape index (κ1) is 12.8. The topological polar surface area (TPSA) is 49.3 Å². The number of rotatable bonds is 0. The lowest BCUT2D eigenvalue weighted by molar-refractivity contribution is 0.0945. The fraction of sp³-hybridized carbons (Fsp3) is 0.364. The Balaban J connectivity index is 0.000000606. The molecule has 1 aromatic carbocycles. The minimum absolute atomic E-state index is 0.178. The van der Waals surface area contributed by atoms with Crippen molar-refractivity contribution in [3.8, 4) is 5.75 Å². The second kappa shape index (κ2) is 5.16. The van der Waals surface area contributed by atoms with E-state index in [9.17, 15) is 14.3 Å². The summed E-state index contributed by atoms with van der Waals surface area (Å²) in [7, 11) is 0. The van der Waals surface area contributed by atoms with Crippen LogP contribution in [-0.2, 0) is 6.42 Å². The van der Waals surface area contributed by atoms with Crippen molar-refractivity contribution in [2.45, 2.75) is 20.3 Å². The number of aromatic hydroxyl groups is 1. The summed E-state index contributed by atoms with van der Waals surface area (Å²) in [6, 6.07) is 1.15. The molecule has 1 aromatic rings. The van der Waals surface area contributed by atoms with E-state index < -0.39 is 11.6 Å². The zero-order valence-electron chi connectivity index (χ0n) is 9.10. The number of carbonyl (C=O) groups is 1. The highest BCUT2D eigenvalue weighted by Gasteiger charge is 2.24. The van der Waals surface area contributed by atoms with Crippen molar-refractivity contribution < 1.29 is 14.3 Å². The molecule has 1 amide bonds. The summed E-state index contributed by atoms with van der Waals surface area (Å²) in [6.07, 6.45) is 0.526. The summed E-state index contributed by atoms with van der Waals surface area (Å²) in [6.45, 7) is 4.46. The summed E-state index contributed by atoms with van der Waals surface area (Å²) in [5, 5.41) is 11.6. The maximum Gasteiger partial charge on any atom is 0.253 e. The summed E-state index contributed by atoms with van der Waals surface area (Å²) in [5.74, 6) is -1.82. The van der Waals surface area contributed by atoms with Crippen LogP contribution in [-0.4, -0.2) is 17.6 Å². The van der Waals surface area contributed by atoms with Gasteiger partial charge in [0.15, 0.2) is 11.6 Å². The zero-order chi connectivity index (χ0) is 12.3. The Hall–Kier alpha value is -1.29. The van der Waals surface area contributed by atoms with Crippen molar-refractivity contribution >= 4 is 17.5 Å². The summed E-state index contributed by atoms with van der Waals surface area (Å²) >= 11 is 5.66. The summed E-state index contributed by atoms with van der Waals surface area (Å²) < 4.78 is 13.0. The van der Waals surface area contributed by atoms with Gasteiger partial charge < -0.3 is 10.4 Å².